The van der Waals surface area contributed by atoms with E-state index in [0.717, 1.165) is 0 Å². The zero-order chi connectivity index (χ0) is 21.7. The summed E-state index contributed by atoms with van der Waals surface area (Å²) in [6.45, 7) is 1.42. The van der Waals surface area contributed by atoms with Gasteiger partial charge in [-0.25, -0.2) is 4.79 Å². The number of anilines is 2. The van der Waals surface area contributed by atoms with Crippen LogP contribution in [0.4, 0.5) is 11.4 Å². The van der Waals surface area contributed by atoms with E-state index in [4.69, 9.17) is 32.4 Å². The molecule has 0 fully saturated rings. The topological polar surface area (TPSA) is 97.6 Å². The lowest BCUT2D eigenvalue weighted by Gasteiger charge is -2.15. The van der Waals surface area contributed by atoms with Gasteiger partial charge in [0.1, 0.15) is 0 Å². The van der Waals surface area contributed by atoms with E-state index in [1.165, 1.54) is 49.6 Å². The summed E-state index contributed by atoms with van der Waals surface area (Å²) in [5.74, 6) is -1.79. The molecule has 1 heterocycles. The molecule has 1 atom stereocenters. The Morgan fingerprint density at radius 2 is 1.67 bits per heavy atom. The third-order valence-electron chi connectivity index (χ3n) is 3.92. The second-order valence-corrected chi connectivity index (χ2v) is 7.04. The van der Waals surface area contributed by atoms with E-state index in [2.05, 4.69) is 10.6 Å². The smallest absolute Gasteiger partial charge is 0.341 e. The van der Waals surface area contributed by atoms with Crippen molar-refractivity contribution in [2.75, 3.05) is 10.6 Å². The van der Waals surface area contributed by atoms with Crippen LogP contribution < -0.4 is 10.6 Å². The van der Waals surface area contributed by atoms with E-state index in [0.29, 0.717) is 15.7 Å². The zero-order valence-corrected chi connectivity index (χ0v) is 17.2. The predicted octanol–water partition coefficient (Wildman–Crippen LogP) is 5.02. The lowest BCUT2D eigenvalue weighted by molar-refractivity contribution is -0.123. The fourth-order valence-electron chi connectivity index (χ4n) is 2.51. The van der Waals surface area contributed by atoms with Crippen molar-refractivity contribution >= 4 is 52.4 Å². The minimum atomic E-state index is -1.12. The number of amides is 2. The second kappa shape index (κ2) is 9.47. The lowest BCUT2D eigenvalue weighted by Crippen LogP contribution is -2.30. The minimum absolute atomic E-state index is 0.0860. The number of benzene rings is 2. The van der Waals surface area contributed by atoms with Crippen LogP contribution in [0.25, 0.3) is 0 Å². The van der Waals surface area contributed by atoms with Gasteiger partial charge in [0.2, 0.25) is 0 Å². The number of nitrogens with one attached hydrogen (secondary N) is 2. The van der Waals surface area contributed by atoms with Crippen LogP contribution in [-0.2, 0) is 9.53 Å². The number of carbonyl (C=O) groups is 3. The number of rotatable bonds is 6. The molecule has 0 radical (unpaired) electrons. The van der Waals surface area contributed by atoms with Gasteiger partial charge in [-0.1, -0.05) is 35.3 Å². The molecule has 0 spiro atoms. The van der Waals surface area contributed by atoms with Gasteiger partial charge in [0.15, 0.2) is 11.9 Å². The van der Waals surface area contributed by atoms with Gasteiger partial charge < -0.3 is 19.8 Å². The van der Waals surface area contributed by atoms with Crippen LogP contribution in [0.3, 0.4) is 0 Å². The third-order valence-corrected chi connectivity index (χ3v) is 4.36. The maximum absolute atomic E-state index is 12.6. The molecule has 3 rings (SSSR count). The Hall–Kier alpha value is -3.29. The number of ether oxygens (including phenoxy) is 1. The average molecular weight is 447 g/mol. The van der Waals surface area contributed by atoms with Gasteiger partial charge in [0.25, 0.3) is 11.8 Å². The molecule has 2 amide bonds. The van der Waals surface area contributed by atoms with Gasteiger partial charge in [-0.15, -0.1) is 0 Å². The molecule has 2 N–H and O–H groups in total. The van der Waals surface area contributed by atoms with Crippen LogP contribution in [0.1, 0.15) is 27.8 Å². The minimum Gasteiger partial charge on any atom is -0.459 e. The Balaban J connectivity index is 1.68. The van der Waals surface area contributed by atoms with Gasteiger partial charge in [0, 0.05) is 15.7 Å². The van der Waals surface area contributed by atoms with Crippen molar-refractivity contribution in [1.29, 1.82) is 0 Å². The summed E-state index contributed by atoms with van der Waals surface area (Å²) in [4.78, 5) is 37.1. The summed E-state index contributed by atoms with van der Waals surface area (Å²) >= 11 is 11.8. The Labute approximate surface area is 181 Å². The fraction of sp³-hybridized carbons (Fsp3) is 0.0952. The highest BCUT2D eigenvalue weighted by molar-refractivity contribution is 6.35. The van der Waals surface area contributed by atoms with Crippen molar-refractivity contribution in [2.24, 2.45) is 0 Å². The Kier molecular flexibility index (Phi) is 6.76. The van der Waals surface area contributed by atoms with Crippen molar-refractivity contribution in [3.05, 3.63) is 82.2 Å². The first-order valence-electron chi connectivity index (χ1n) is 8.75. The molecule has 2 aromatic carbocycles. The molecular formula is C21H16Cl2N2O5. The largest absolute Gasteiger partial charge is 0.459 e. The summed E-state index contributed by atoms with van der Waals surface area (Å²) < 4.78 is 10.3. The molecule has 154 valence electrons. The third kappa shape index (κ3) is 5.40. The molecule has 7 nitrogen and oxygen atoms in total. The highest BCUT2D eigenvalue weighted by Crippen LogP contribution is 2.23. The standard InChI is InChI=1S/C21H16Cl2N2O5/c1-12(19(26)24-15-10-13(22)9-14(23)11-15)30-21(28)16-5-2-3-6-17(16)25-20(27)18-7-4-8-29-18/h2-12H,1H3,(H,24,26)(H,25,27)/t12-/m0/s1. The maximum atomic E-state index is 12.6. The lowest BCUT2D eigenvalue weighted by atomic mass is 10.1. The number of para-hydroxylation sites is 1. The van der Waals surface area contributed by atoms with Crippen molar-refractivity contribution in [1.82, 2.24) is 0 Å². The zero-order valence-electron chi connectivity index (χ0n) is 15.6. The second-order valence-electron chi connectivity index (χ2n) is 6.17. The van der Waals surface area contributed by atoms with Gasteiger partial charge in [0.05, 0.1) is 17.5 Å². The van der Waals surface area contributed by atoms with Crippen molar-refractivity contribution < 1.29 is 23.5 Å². The number of carbonyl (C=O) groups excluding carboxylic acids is 3. The molecule has 0 saturated carbocycles. The average Bonchev–Trinajstić information content (AvgIpc) is 3.22. The molecule has 30 heavy (non-hydrogen) atoms. The van der Waals surface area contributed by atoms with Crippen LogP contribution in [0, 0.1) is 0 Å². The highest BCUT2D eigenvalue weighted by atomic mass is 35.5. The van der Waals surface area contributed by atoms with Crippen molar-refractivity contribution in [3.8, 4) is 0 Å². The molecule has 0 aliphatic carbocycles. The monoisotopic (exact) mass is 446 g/mol. The normalized spacial score (nSPS) is 11.4. The van der Waals surface area contributed by atoms with E-state index in [1.807, 2.05) is 0 Å². The summed E-state index contributed by atoms with van der Waals surface area (Å²) in [6.07, 6.45) is 0.242. The number of hydrogen-bond donors (Lipinski definition) is 2. The number of esters is 1. The molecule has 9 heteroatoms. The number of halogens is 2. The SMILES string of the molecule is C[C@H](OC(=O)c1ccccc1NC(=O)c1ccco1)C(=O)Nc1cc(Cl)cc(Cl)c1. The van der Waals surface area contributed by atoms with Crippen LogP contribution in [0.5, 0.6) is 0 Å². The summed E-state index contributed by atoms with van der Waals surface area (Å²) in [5, 5.41) is 5.86. The first kappa shape index (κ1) is 21.4. The summed E-state index contributed by atoms with van der Waals surface area (Å²) in [7, 11) is 0. The molecule has 0 bridgehead atoms. The van der Waals surface area contributed by atoms with Crippen LogP contribution in [0.2, 0.25) is 10.0 Å². The first-order chi connectivity index (χ1) is 14.3. The molecule has 0 aliphatic rings. The Morgan fingerprint density at radius 1 is 0.967 bits per heavy atom. The van der Waals surface area contributed by atoms with E-state index in [1.54, 1.807) is 18.2 Å². The van der Waals surface area contributed by atoms with Gasteiger partial charge in [-0.05, 0) is 49.4 Å². The predicted molar refractivity (Wildman–Crippen MR) is 113 cm³/mol. The van der Waals surface area contributed by atoms with Crippen LogP contribution in [-0.4, -0.2) is 23.9 Å². The molecule has 0 saturated heterocycles. The maximum Gasteiger partial charge on any atom is 0.341 e. The molecule has 3 aromatic rings. The van der Waals surface area contributed by atoms with Crippen LogP contribution in [0.15, 0.2) is 65.3 Å². The Morgan fingerprint density at radius 3 is 2.33 bits per heavy atom. The molecule has 0 aliphatic heterocycles. The quantitative estimate of drug-likeness (QED) is 0.517. The van der Waals surface area contributed by atoms with Crippen molar-refractivity contribution in [3.63, 3.8) is 0 Å². The molecule has 1 aromatic heterocycles. The van der Waals surface area contributed by atoms with Gasteiger partial charge >= 0.3 is 5.97 Å². The van der Waals surface area contributed by atoms with Gasteiger partial charge in [-0.2, -0.15) is 0 Å². The number of furan rings is 1. The van der Waals surface area contributed by atoms with E-state index < -0.39 is 23.9 Å². The van der Waals surface area contributed by atoms with Crippen molar-refractivity contribution in [2.45, 2.75) is 13.0 Å². The fourth-order valence-corrected chi connectivity index (χ4v) is 3.04. The van der Waals surface area contributed by atoms with Crippen LogP contribution >= 0.6 is 23.2 Å². The first-order valence-corrected chi connectivity index (χ1v) is 9.51. The number of hydrogen-bond acceptors (Lipinski definition) is 5. The molecular weight excluding hydrogens is 431 g/mol. The van der Waals surface area contributed by atoms with E-state index in [-0.39, 0.29) is 17.0 Å². The Bertz CT molecular complexity index is 1060. The molecule has 0 unspecified atom stereocenters. The summed E-state index contributed by atoms with van der Waals surface area (Å²) in [6, 6.07) is 13.9. The summed E-state index contributed by atoms with van der Waals surface area (Å²) in [5.41, 5.74) is 0.674. The van der Waals surface area contributed by atoms with Gasteiger partial charge in [-0.3, -0.25) is 9.59 Å². The highest BCUT2D eigenvalue weighted by Gasteiger charge is 2.22. The van der Waals surface area contributed by atoms with E-state index >= 15 is 0 Å². The van der Waals surface area contributed by atoms with E-state index in [9.17, 15) is 14.4 Å².